The van der Waals surface area contributed by atoms with Crippen LogP contribution in [0.5, 0.6) is 0 Å². The van der Waals surface area contributed by atoms with Crippen LogP contribution >= 0.6 is 0 Å². The predicted molar refractivity (Wildman–Crippen MR) is 43.9 cm³/mol. The molecule has 1 aromatic carbocycles. The number of benzene rings is 1. The molecule has 0 atom stereocenters. The molecule has 0 N–H and O–H groups in total. The molecule has 0 saturated heterocycles. The Kier molecular flexibility index (Phi) is 2.80. The first-order valence-electron chi connectivity index (χ1n) is 3.82. The van der Waals surface area contributed by atoms with E-state index in [9.17, 15) is 17.3 Å². The van der Waals surface area contributed by atoms with Crippen molar-refractivity contribution in [2.24, 2.45) is 0 Å². The quantitative estimate of drug-likeness (QED) is 0.534. The van der Waals surface area contributed by atoms with E-state index in [1.807, 2.05) is 0 Å². The SMILES string of the molecule is N#Cc1cccc(C[B-](F)(F)F)c1F. The van der Waals surface area contributed by atoms with Gasteiger partial charge >= 0.3 is 6.98 Å². The Labute approximate surface area is 78.0 Å². The highest BCUT2D eigenvalue weighted by Gasteiger charge is 2.25. The number of rotatable bonds is 2. The molecular weight excluding hydrogens is 197 g/mol. The molecule has 0 aliphatic heterocycles. The molecule has 0 bridgehead atoms. The van der Waals surface area contributed by atoms with Gasteiger partial charge in [0.15, 0.2) is 0 Å². The molecule has 0 amide bonds. The van der Waals surface area contributed by atoms with Crippen LogP contribution in [0.15, 0.2) is 18.2 Å². The van der Waals surface area contributed by atoms with E-state index in [0.717, 1.165) is 12.1 Å². The van der Waals surface area contributed by atoms with Crippen LogP contribution in [-0.4, -0.2) is 6.98 Å². The van der Waals surface area contributed by atoms with Crippen LogP contribution in [0.3, 0.4) is 0 Å². The molecule has 0 unspecified atom stereocenters. The second-order valence-corrected chi connectivity index (χ2v) is 2.80. The summed E-state index contributed by atoms with van der Waals surface area (Å²) in [6.07, 6.45) is -1.29. The van der Waals surface area contributed by atoms with Crippen LogP contribution < -0.4 is 0 Å². The standard InChI is InChI=1S/C8H5BF4N/c10-8-6(4-9(11,12)13)2-1-3-7(8)5-14/h1-3H,4H2/q-1. The fourth-order valence-corrected chi connectivity index (χ4v) is 1.07. The monoisotopic (exact) mass is 202 g/mol. The van der Waals surface area contributed by atoms with Gasteiger partial charge in [-0.15, -0.1) is 0 Å². The van der Waals surface area contributed by atoms with Crippen molar-refractivity contribution in [3.8, 4) is 6.07 Å². The molecule has 1 rings (SSSR count). The molecule has 0 aliphatic rings. The van der Waals surface area contributed by atoms with E-state index >= 15 is 0 Å². The Hall–Kier alpha value is -1.51. The molecule has 0 saturated carbocycles. The van der Waals surface area contributed by atoms with Crippen LogP contribution in [0.1, 0.15) is 11.1 Å². The molecule has 0 fully saturated rings. The number of nitriles is 1. The molecule has 0 aromatic heterocycles. The smallest absolute Gasteiger partial charge is 0.449 e. The summed E-state index contributed by atoms with van der Waals surface area (Å²) in [4.78, 5) is 0. The number of halogens is 4. The number of hydrogen-bond acceptors (Lipinski definition) is 1. The van der Waals surface area contributed by atoms with Crippen molar-refractivity contribution < 1.29 is 17.3 Å². The van der Waals surface area contributed by atoms with E-state index < -0.39 is 24.7 Å². The first kappa shape index (κ1) is 10.6. The van der Waals surface area contributed by atoms with E-state index in [1.165, 1.54) is 12.1 Å². The van der Waals surface area contributed by atoms with Crippen molar-refractivity contribution in [1.82, 2.24) is 0 Å². The van der Waals surface area contributed by atoms with Crippen LogP contribution in [0.2, 0.25) is 0 Å². The van der Waals surface area contributed by atoms with Gasteiger partial charge in [0, 0.05) is 0 Å². The van der Waals surface area contributed by atoms with Gasteiger partial charge in [0.25, 0.3) is 0 Å². The fraction of sp³-hybridized carbons (Fsp3) is 0.125. The molecule has 0 heterocycles. The molecule has 0 aliphatic carbocycles. The van der Waals surface area contributed by atoms with Crippen molar-refractivity contribution >= 4 is 6.98 Å². The Morgan fingerprint density at radius 1 is 1.29 bits per heavy atom. The molecule has 0 spiro atoms. The minimum Gasteiger partial charge on any atom is -0.449 e. The molecular formula is C8H5BF4N-. The highest BCUT2D eigenvalue weighted by Crippen LogP contribution is 2.20. The fourth-order valence-electron chi connectivity index (χ4n) is 1.07. The van der Waals surface area contributed by atoms with E-state index in [4.69, 9.17) is 5.26 Å². The van der Waals surface area contributed by atoms with Gasteiger partial charge in [-0.3, -0.25) is 0 Å². The van der Waals surface area contributed by atoms with Gasteiger partial charge < -0.3 is 12.9 Å². The zero-order valence-electron chi connectivity index (χ0n) is 6.98. The Bertz CT molecular complexity index is 380. The zero-order valence-corrected chi connectivity index (χ0v) is 6.98. The topological polar surface area (TPSA) is 23.8 Å². The average molecular weight is 202 g/mol. The molecule has 1 nitrogen and oxygen atoms in total. The first-order chi connectivity index (χ1) is 6.44. The van der Waals surface area contributed by atoms with E-state index in [1.54, 1.807) is 0 Å². The minimum absolute atomic E-state index is 0.359. The Balaban J connectivity index is 3.06. The van der Waals surface area contributed by atoms with Gasteiger partial charge in [0.2, 0.25) is 0 Å². The van der Waals surface area contributed by atoms with Crippen LogP contribution in [0, 0.1) is 17.1 Å². The van der Waals surface area contributed by atoms with Gasteiger partial charge in [-0.05, 0) is 11.6 Å². The molecule has 6 heteroatoms. The van der Waals surface area contributed by atoms with Crippen LogP contribution in [-0.2, 0) is 6.32 Å². The highest BCUT2D eigenvalue weighted by molar-refractivity contribution is 6.57. The maximum Gasteiger partial charge on any atom is 0.482 e. The summed E-state index contributed by atoms with van der Waals surface area (Å²) in [5.41, 5.74) is -0.834. The van der Waals surface area contributed by atoms with Crippen molar-refractivity contribution in [3.63, 3.8) is 0 Å². The Morgan fingerprint density at radius 3 is 2.43 bits per heavy atom. The summed E-state index contributed by atoms with van der Waals surface area (Å²) >= 11 is 0. The molecule has 1 aromatic rings. The maximum absolute atomic E-state index is 13.1. The molecule has 14 heavy (non-hydrogen) atoms. The van der Waals surface area contributed by atoms with E-state index in [-0.39, 0.29) is 5.56 Å². The number of hydrogen-bond donors (Lipinski definition) is 0. The van der Waals surface area contributed by atoms with Crippen molar-refractivity contribution in [2.75, 3.05) is 0 Å². The summed E-state index contributed by atoms with van der Waals surface area (Å²) < 4.78 is 49.0. The normalized spacial score (nSPS) is 11.1. The molecule has 0 radical (unpaired) electrons. The van der Waals surface area contributed by atoms with E-state index in [2.05, 4.69) is 0 Å². The molecule has 74 valence electrons. The third kappa shape index (κ3) is 2.49. The third-order valence-electron chi connectivity index (χ3n) is 1.65. The highest BCUT2D eigenvalue weighted by atomic mass is 19.4. The van der Waals surface area contributed by atoms with Gasteiger partial charge in [0.05, 0.1) is 5.56 Å². The average Bonchev–Trinajstić information content (AvgIpc) is 2.06. The summed E-state index contributed by atoms with van der Waals surface area (Å²) in [5, 5.41) is 8.38. The summed E-state index contributed by atoms with van der Waals surface area (Å²) in [5.74, 6) is -1.07. The van der Waals surface area contributed by atoms with Gasteiger partial charge in [-0.2, -0.15) is 5.26 Å². The first-order valence-corrected chi connectivity index (χ1v) is 3.82. The second-order valence-electron chi connectivity index (χ2n) is 2.80. The summed E-state index contributed by atoms with van der Waals surface area (Å²) in [7, 11) is 0. The second kappa shape index (κ2) is 3.70. The minimum atomic E-state index is -5.07. The largest absolute Gasteiger partial charge is 0.482 e. The van der Waals surface area contributed by atoms with Crippen LogP contribution in [0.4, 0.5) is 17.3 Å². The van der Waals surface area contributed by atoms with Gasteiger partial charge in [0.1, 0.15) is 11.9 Å². The van der Waals surface area contributed by atoms with E-state index in [0.29, 0.717) is 0 Å². The lowest BCUT2D eigenvalue weighted by atomic mass is 9.81. The van der Waals surface area contributed by atoms with Crippen molar-refractivity contribution in [2.45, 2.75) is 6.32 Å². The summed E-state index contributed by atoms with van der Waals surface area (Å²) in [6, 6.07) is 4.90. The third-order valence-corrected chi connectivity index (χ3v) is 1.65. The number of nitrogens with zero attached hydrogens (tertiary/aromatic N) is 1. The summed E-state index contributed by atoms with van der Waals surface area (Å²) in [6.45, 7) is -5.07. The van der Waals surface area contributed by atoms with Gasteiger partial charge in [-0.1, -0.05) is 18.5 Å². The predicted octanol–water partition coefficient (Wildman–Crippen LogP) is 2.63. The lowest BCUT2D eigenvalue weighted by molar-refractivity contribution is 0.464. The van der Waals surface area contributed by atoms with Crippen molar-refractivity contribution in [1.29, 1.82) is 5.26 Å². The lowest BCUT2D eigenvalue weighted by Crippen LogP contribution is -2.20. The van der Waals surface area contributed by atoms with Crippen molar-refractivity contribution in [3.05, 3.63) is 35.1 Å². The van der Waals surface area contributed by atoms with Gasteiger partial charge in [-0.25, -0.2) is 4.39 Å². The van der Waals surface area contributed by atoms with Crippen LogP contribution in [0.25, 0.3) is 0 Å². The zero-order chi connectivity index (χ0) is 10.8. The Morgan fingerprint density at radius 2 is 1.93 bits per heavy atom. The lowest BCUT2D eigenvalue weighted by Gasteiger charge is -2.14. The maximum atomic E-state index is 13.1.